The second kappa shape index (κ2) is 4.75. The van der Waals surface area contributed by atoms with E-state index in [1.165, 1.54) is 12.8 Å². The Hall–Kier alpha value is -0.180. The van der Waals surface area contributed by atoms with Crippen molar-refractivity contribution in [2.45, 2.75) is 38.5 Å². The largest absolute Gasteiger partial charge is 0.330 e. The minimum absolute atomic E-state index is 0.133. The van der Waals surface area contributed by atoms with Crippen LogP contribution in [-0.2, 0) is 0 Å². The lowest BCUT2D eigenvalue weighted by Gasteiger charge is -2.17. The summed E-state index contributed by atoms with van der Waals surface area (Å²) in [6.07, 6.45) is 3.09. The predicted octanol–water partition coefficient (Wildman–Crippen LogP) is 2.41. The molecule has 0 heterocycles. The molecule has 0 saturated heterocycles. The lowest BCUT2D eigenvalue weighted by atomic mass is 9.94. The van der Waals surface area contributed by atoms with E-state index in [0.29, 0.717) is 12.3 Å². The Kier molecular flexibility index (Phi) is 3.92. The Morgan fingerprint density at radius 2 is 1.83 bits per heavy atom. The van der Waals surface area contributed by atoms with E-state index in [1.807, 2.05) is 0 Å². The second-order valence-electron chi connectivity index (χ2n) is 3.72. The second-order valence-corrected chi connectivity index (χ2v) is 3.72. The third-order valence-electron chi connectivity index (χ3n) is 2.77. The van der Waals surface area contributed by atoms with Crippen LogP contribution in [0.2, 0.25) is 0 Å². The Morgan fingerprint density at radius 1 is 1.25 bits per heavy atom. The molecule has 1 aliphatic rings. The molecule has 0 bridgehead atoms. The smallest absolute Gasteiger partial charge is 0.242 e. The van der Waals surface area contributed by atoms with Crippen molar-refractivity contribution in [2.75, 3.05) is 6.54 Å². The molecule has 0 aliphatic heterocycles. The average Bonchev–Trinajstić information content (AvgIpc) is 2.51. The van der Waals surface area contributed by atoms with Gasteiger partial charge in [-0.2, -0.15) is 0 Å². The van der Waals surface area contributed by atoms with Crippen molar-refractivity contribution in [1.82, 2.24) is 0 Å². The molecule has 0 spiro atoms. The molecule has 0 aromatic carbocycles. The first kappa shape index (κ1) is 9.90. The van der Waals surface area contributed by atoms with Crippen LogP contribution in [-0.4, -0.2) is 13.0 Å². The first-order valence-electron chi connectivity index (χ1n) is 4.72. The van der Waals surface area contributed by atoms with Crippen LogP contribution >= 0.6 is 0 Å². The number of alkyl halides is 2. The summed E-state index contributed by atoms with van der Waals surface area (Å²) < 4.78 is 24.5. The molecule has 1 aliphatic carbocycles. The fourth-order valence-electron chi connectivity index (χ4n) is 1.98. The highest BCUT2D eigenvalue weighted by molar-refractivity contribution is 4.73. The molecule has 1 fully saturated rings. The molecule has 0 radical (unpaired) electrons. The number of rotatable bonds is 4. The van der Waals surface area contributed by atoms with Gasteiger partial charge in [0, 0.05) is 12.5 Å². The summed E-state index contributed by atoms with van der Waals surface area (Å²) >= 11 is 0. The third kappa shape index (κ3) is 2.70. The van der Waals surface area contributed by atoms with Gasteiger partial charge >= 0.3 is 0 Å². The Morgan fingerprint density at radius 3 is 2.25 bits per heavy atom. The molecular formula is C9H17F2N. The zero-order chi connectivity index (χ0) is 8.97. The first-order valence-corrected chi connectivity index (χ1v) is 4.72. The van der Waals surface area contributed by atoms with E-state index in [-0.39, 0.29) is 6.54 Å². The number of hydrogen-bond donors (Lipinski definition) is 1. The Labute approximate surface area is 72.3 Å². The molecular weight excluding hydrogens is 160 g/mol. The molecule has 3 heteroatoms. The van der Waals surface area contributed by atoms with E-state index in [2.05, 4.69) is 0 Å². The van der Waals surface area contributed by atoms with Gasteiger partial charge in [-0.15, -0.1) is 0 Å². The van der Waals surface area contributed by atoms with Gasteiger partial charge < -0.3 is 5.73 Å². The molecule has 0 aromatic heterocycles. The van der Waals surface area contributed by atoms with Crippen molar-refractivity contribution in [3.05, 3.63) is 0 Å². The maximum atomic E-state index is 12.3. The maximum Gasteiger partial charge on any atom is 0.242 e. The first-order chi connectivity index (χ1) is 5.74. The standard InChI is InChI=1S/C9H17F2N/c10-9(11)8(6-12)5-7-3-1-2-4-7/h7-9H,1-6,12H2. The molecule has 72 valence electrons. The zero-order valence-corrected chi connectivity index (χ0v) is 7.31. The summed E-state index contributed by atoms with van der Waals surface area (Å²) in [4.78, 5) is 0. The van der Waals surface area contributed by atoms with Gasteiger partial charge in [0.25, 0.3) is 0 Å². The average molecular weight is 177 g/mol. The lowest BCUT2D eigenvalue weighted by molar-refractivity contribution is 0.0676. The van der Waals surface area contributed by atoms with Gasteiger partial charge in [0.2, 0.25) is 6.43 Å². The van der Waals surface area contributed by atoms with Crippen molar-refractivity contribution in [1.29, 1.82) is 0 Å². The van der Waals surface area contributed by atoms with Gasteiger partial charge in [-0.3, -0.25) is 0 Å². The van der Waals surface area contributed by atoms with Crippen LogP contribution in [0.3, 0.4) is 0 Å². The minimum atomic E-state index is -2.23. The summed E-state index contributed by atoms with van der Waals surface area (Å²) in [5.74, 6) is -0.0411. The van der Waals surface area contributed by atoms with Crippen LogP contribution in [0.5, 0.6) is 0 Å². The molecule has 1 unspecified atom stereocenters. The number of hydrogen-bond acceptors (Lipinski definition) is 1. The van der Waals surface area contributed by atoms with E-state index >= 15 is 0 Å². The normalized spacial score (nSPS) is 22.0. The van der Waals surface area contributed by atoms with Crippen molar-refractivity contribution in [3.63, 3.8) is 0 Å². The molecule has 1 nitrogen and oxygen atoms in total. The zero-order valence-electron chi connectivity index (χ0n) is 7.31. The molecule has 0 aromatic rings. The highest BCUT2D eigenvalue weighted by Gasteiger charge is 2.24. The van der Waals surface area contributed by atoms with Crippen LogP contribution in [0.15, 0.2) is 0 Å². The summed E-state index contributed by atoms with van der Waals surface area (Å²) in [5, 5.41) is 0. The van der Waals surface area contributed by atoms with Crippen molar-refractivity contribution in [3.8, 4) is 0 Å². The molecule has 0 amide bonds. The topological polar surface area (TPSA) is 26.0 Å². The van der Waals surface area contributed by atoms with Crippen molar-refractivity contribution < 1.29 is 8.78 Å². The van der Waals surface area contributed by atoms with Crippen LogP contribution in [0.1, 0.15) is 32.1 Å². The van der Waals surface area contributed by atoms with Gasteiger partial charge in [-0.25, -0.2) is 8.78 Å². The quantitative estimate of drug-likeness (QED) is 0.701. The lowest BCUT2D eigenvalue weighted by Crippen LogP contribution is -2.23. The SMILES string of the molecule is NCC(CC1CCCC1)C(F)F. The van der Waals surface area contributed by atoms with E-state index in [1.54, 1.807) is 0 Å². The highest BCUT2D eigenvalue weighted by Crippen LogP contribution is 2.31. The van der Waals surface area contributed by atoms with Gasteiger partial charge in [0.1, 0.15) is 0 Å². The predicted molar refractivity (Wildman–Crippen MR) is 45.1 cm³/mol. The van der Waals surface area contributed by atoms with Crippen LogP contribution in [0.4, 0.5) is 8.78 Å². The molecule has 1 rings (SSSR count). The molecule has 12 heavy (non-hydrogen) atoms. The minimum Gasteiger partial charge on any atom is -0.330 e. The highest BCUT2D eigenvalue weighted by atomic mass is 19.3. The third-order valence-corrected chi connectivity index (χ3v) is 2.77. The Bertz CT molecular complexity index is 122. The van der Waals surface area contributed by atoms with Crippen molar-refractivity contribution in [2.24, 2.45) is 17.6 Å². The molecule has 1 saturated carbocycles. The summed E-state index contributed by atoms with van der Waals surface area (Å²) in [6, 6.07) is 0. The fourth-order valence-corrected chi connectivity index (χ4v) is 1.98. The summed E-state index contributed by atoms with van der Waals surface area (Å²) in [6.45, 7) is 0.133. The van der Waals surface area contributed by atoms with Crippen LogP contribution in [0.25, 0.3) is 0 Å². The summed E-state index contributed by atoms with van der Waals surface area (Å²) in [7, 11) is 0. The van der Waals surface area contributed by atoms with E-state index < -0.39 is 12.3 Å². The molecule has 2 N–H and O–H groups in total. The van der Waals surface area contributed by atoms with Crippen molar-refractivity contribution >= 4 is 0 Å². The van der Waals surface area contributed by atoms with Gasteiger partial charge in [0.05, 0.1) is 0 Å². The Balaban J connectivity index is 2.26. The summed E-state index contributed by atoms with van der Waals surface area (Å²) in [5.41, 5.74) is 5.27. The van der Waals surface area contributed by atoms with E-state index in [0.717, 1.165) is 12.8 Å². The molecule has 1 atom stereocenters. The van der Waals surface area contributed by atoms with E-state index in [4.69, 9.17) is 5.73 Å². The van der Waals surface area contributed by atoms with Crippen LogP contribution in [0, 0.1) is 11.8 Å². The maximum absolute atomic E-state index is 12.3. The van der Waals surface area contributed by atoms with E-state index in [9.17, 15) is 8.78 Å². The monoisotopic (exact) mass is 177 g/mol. The van der Waals surface area contributed by atoms with Gasteiger partial charge in [-0.05, 0) is 12.3 Å². The van der Waals surface area contributed by atoms with Gasteiger partial charge in [0.15, 0.2) is 0 Å². The van der Waals surface area contributed by atoms with Gasteiger partial charge in [-0.1, -0.05) is 25.7 Å². The number of halogens is 2. The number of nitrogens with two attached hydrogens (primary N) is 1. The van der Waals surface area contributed by atoms with Crippen LogP contribution < -0.4 is 5.73 Å². The fraction of sp³-hybridized carbons (Fsp3) is 1.00.